The van der Waals surface area contributed by atoms with Gasteiger partial charge in [-0.3, -0.25) is 0 Å². The highest BCUT2D eigenvalue weighted by Crippen LogP contribution is 2.20. The Kier molecular flexibility index (Phi) is 12.4. The molecule has 5 nitrogen and oxygen atoms in total. The molecule has 1 aliphatic heterocycles. The number of allylic oxidation sites excluding steroid dienone is 2. The minimum absolute atomic E-state index is 0.0976. The number of aliphatic hydroxyl groups is 3. The third-order valence-electron chi connectivity index (χ3n) is 4.57. The standard InChI is InChI=1S/C19H36O5/c1-2-3-4-5-6-7-8-9-10-11-12-13-23-17(14-20)19-18(22)16(21)15-24-19/h2-3,16-22H,4-15H2,1H3/b3-2+/t16-,17+,18+,19+/m1/s1. The summed E-state index contributed by atoms with van der Waals surface area (Å²) in [5.41, 5.74) is 0. The molecule has 5 heteroatoms. The average Bonchev–Trinajstić information content (AvgIpc) is 2.92. The van der Waals surface area contributed by atoms with Crippen LogP contribution in [-0.2, 0) is 9.47 Å². The summed E-state index contributed by atoms with van der Waals surface area (Å²) in [6, 6.07) is 0. The highest BCUT2D eigenvalue weighted by atomic mass is 16.6. The third kappa shape index (κ3) is 8.58. The molecular formula is C19H36O5. The molecule has 1 fully saturated rings. The van der Waals surface area contributed by atoms with Crippen molar-refractivity contribution < 1.29 is 24.8 Å². The molecule has 1 saturated heterocycles. The fraction of sp³-hybridized carbons (Fsp3) is 0.895. The molecule has 0 unspecified atom stereocenters. The first-order valence-corrected chi connectivity index (χ1v) is 9.52. The Morgan fingerprint density at radius 2 is 1.67 bits per heavy atom. The lowest BCUT2D eigenvalue weighted by molar-refractivity contribution is -0.101. The Balaban J connectivity index is 1.94. The summed E-state index contributed by atoms with van der Waals surface area (Å²) >= 11 is 0. The molecule has 0 aromatic heterocycles. The molecule has 0 radical (unpaired) electrons. The second-order valence-electron chi connectivity index (χ2n) is 6.63. The minimum Gasteiger partial charge on any atom is -0.394 e. The largest absolute Gasteiger partial charge is 0.394 e. The predicted molar refractivity (Wildman–Crippen MR) is 94.9 cm³/mol. The Morgan fingerprint density at radius 1 is 1.04 bits per heavy atom. The molecule has 0 aliphatic carbocycles. The Bertz CT molecular complexity index is 321. The first-order chi connectivity index (χ1) is 11.7. The fourth-order valence-electron chi connectivity index (χ4n) is 3.03. The Morgan fingerprint density at radius 3 is 2.21 bits per heavy atom. The van der Waals surface area contributed by atoms with Gasteiger partial charge in [-0.2, -0.15) is 0 Å². The smallest absolute Gasteiger partial charge is 0.114 e. The molecule has 0 aromatic carbocycles. The summed E-state index contributed by atoms with van der Waals surface area (Å²) in [4.78, 5) is 0. The monoisotopic (exact) mass is 344 g/mol. The van der Waals surface area contributed by atoms with Crippen LogP contribution >= 0.6 is 0 Å². The van der Waals surface area contributed by atoms with Gasteiger partial charge in [0.2, 0.25) is 0 Å². The molecule has 0 bridgehead atoms. The molecule has 3 N–H and O–H groups in total. The number of hydrogen-bond acceptors (Lipinski definition) is 5. The molecule has 24 heavy (non-hydrogen) atoms. The van der Waals surface area contributed by atoms with Crippen molar-refractivity contribution in [2.24, 2.45) is 0 Å². The molecule has 1 aliphatic rings. The number of unbranched alkanes of at least 4 members (excludes halogenated alkanes) is 8. The molecule has 0 amide bonds. The van der Waals surface area contributed by atoms with Crippen molar-refractivity contribution in [3.8, 4) is 0 Å². The zero-order valence-corrected chi connectivity index (χ0v) is 15.1. The minimum atomic E-state index is -0.977. The van der Waals surface area contributed by atoms with Gasteiger partial charge in [0, 0.05) is 6.61 Å². The van der Waals surface area contributed by atoms with E-state index in [1.165, 1.54) is 44.9 Å². The van der Waals surface area contributed by atoms with Crippen LogP contribution in [0, 0.1) is 0 Å². The zero-order valence-electron chi connectivity index (χ0n) is 15.1. The number of rotatable bonds is 14. The second-order valence-corrected chi connectivity index (χ2v) is 6.63. The van der Waals surface area contributed by atoms with Crippen LogP contribution in [0.1, 0.15) is 64.7 Å². The molecular weight excluding hydrogens is 308 g/mol. The molecule has 1 heterocycles. The molecule has 0 spiro atoms. The summed E-state index contributed by atoms with van der Waals surface area (Å²) < 4.78 is 10.9. The predicted octanol–water partition coefficient (Wildman–Crippen LogP) is 2.57. The highest BCUT2D eigenvalue weighted by molar-refractivity contribution is 4.88. The van der Waals surface area contributed by atoms with Gasteiger partial charge in [0.15, 0.2) is 0 Å². The van der Waals surface area contributed by atoms with E-state index in [4.69, 9.17) is 9.47 Å². The van der Waals surface area contributed by atoms with Crippen molar-refractivity contribution in [3.05, 3.63) is 12.2 Å². The van der Waals surface area contributed by atoms with Gasteiger partial charge in [0.25, 0.3) is 0 Å². The van der Waals surface area contributed by atoms with Gasteiger partial charge in [-0.1, -0.05) is 50.7 Å². The van der Waals surface area contributed by atoms with E-state index in [2.05, 4.69) is 19.1 Å². The van der Waals surface area contributed by atoms with Crippen LogP contribution in [0.15, 0.2) is 12.2 Å². The second kappa shape index (κ2) is 13.8. The lowest BCUT2D eigenvalue weighted by Gasteiger charge is -2.24. The Hall–Kier alpha value is -0.460. The molecule has 0 saturated carbocycles. The van der Waals surface area contributed by atoms with Gasteiger partial charge in [0.05, 0.1) is 13.2 Å². The van der Waals surface area contributed by atoms with E-state index in [1.807, 2.05) is 0 Å². The van der Waals surface area contributed by atoms with E-state index < -0.39 is 24.4 Å². The van der Waals surface area contributed by atoms with Gasteiger partial charge < -0.3 is 24.8 Å². The quantitative estimate of drug-likeness (QED) is 0.333. The summed E-state index contributed by atoms with van der Waals surface area (Å²) in [5.74, 6) is 0. The lowest BCUT2D eigenvalue weighted by atomic mass is 10.1. The highest BCUT2D eigenvalue weighted by Gasteiger charge is 2.40. The topological polar surface area (TPSA) is 79.2 Å². The van der Waals surface area contributed by atoms with Crippen molar-refractivity contribution >= 4 is 0 Å². The first-order valence-electron chi connectivity index (χ1n) is 9.52. The van der Waals surface area contributed by atoms with Gasteiger partial charge in [-0.05, 0) is 26.2 Å². The SMILES string of the molecule is C/C=C/CCCCCCCCCCO[C@@H](CO)[C@@H]1OC[C@@H](O)[C@@H]1O. The first kappa shape index (κ1) is 21.6. The molecule has 142 valence electrons. The van der Waals surface area contributed by atoms with Gasteiger partial charge in [0.1, 0.15) is 24.4 Å². The van der Waals surface area contributed by atoms with E-state index >= 15 is 0 Å². The fourth-order valence-corrected chi connectivity index (χ4v) is 3.03. The Labute approximate surface area is 146 Å². The van der Waals surface area contributed by atoms with Crippen molar-refractivity contribution in [3.63, 3.8) is 0 Å². The summed E-state index contributed by atoms with van der Waals surface area (Å²) in [6.45, 7) is 2.51. The van der Waals surface area contributed by atoms with Crippen LogP contribution in [0.4, 0.5) is 0 Å². The van der Waals surface area contributed by atoms with Crippen LogP contribution in [0.5, 0.6) is 0 Å². The van der Waals surface area contributed by atoms with E-state index in [-0.39, 0.29) is 13.2 Å². The van der Waals surface area contributed by atoms with Crippen molar-refractivity contribution in [2.75, 3.05) is 19.8 Å². The van der Waals surface area contributed by atoms with Crippen molar-refractivity contribution in [1.29, 1.82) is 0 Å². The van der Waals surface area contributed by atoms with Crippen molar-refractivity contribution in [1.82, 2.24) is 0 Å². The molecule has 4 atom stereocenters. The van der Waals surface area contributed by atoms with Crippen LogP contribution in [-0.4, -0.2) is 59.6 Å². The van der Waals surface area contributed by atoms with E-state index in [0.717, 1.165) is 12.8 Å². The van der Waals surface area contributed by atoms with Crippen LogP contribution in [0.3, 0.4) is 0 Å². The zero-order chi connectivity index (χ0) is 17.6. The molecule has 0 aromatic rings. The van der Waals surface area contributed by atoms with E-state index in [0.29, 0.717) is 6.61 Å². The number of aliphatic hydroxyl groups excluding tert-OH is 3. The van der Waals surface area contributed by atoms with E-state index in [1.54, 1.807) is 0 Å². The number of ether oxygens (including phenoxy) is 2. The maximum absolute atomic E-state index is 9.78. The van der Waals surface area contributed by atoms with Crippen molar-refractivity contribution in [2.45, 2.75) is 89.1 Å². The average molecular weight is 344 g/mol. The molecule has 1 rings (SSSR count). The maximum Gasteiger partial charge on any atom is 0.114 e. The third-order valence-corrected chi connectivity index (χ3v) is 4.57. The van der Waals surface area contributed by atoms with Gasteiger partial charge in [-0.25, -0.2) is 0 Å². The van der Waals surface area contributed by atoms with Gasteiger partial charge in [-0.15, -0.1) is 0 Å². The van der Waals surface area contributed by atoms with Crippen LogP contribution in [0.2, 0.25) is 0 Å². The van der Waals surface area contributed by atoms with Crippen LogP contribution < -0.4 is 0 Å². The van der Waals surface area contributed by atoms with E-state index in [9.17, 15) is 15.3 Å². The summed E-state index contributed by atoms with van der Waals surface area (Å²) in [7, 11) is 0. The normalized spacial score (nSPS) is 25.6. The summed E-state index contributed by atoms with van der Waals surface area (Å²) in [5, 5.41) is 28.6. The number of hydrogen-bond donors (Lipinski definition) is 3. The lowest BCUT2D eigenvalue weighted by Crippen LogP contribution is -2.42. The van der Waals surface area contributed by atoms with Crippen LogP contribution in [0.25, 0.3) is 0 Å². The maximum atomic E-state index is 9.78. The summed E-state index contributed by atoms with van der Waals surface area (Å²) in [6.07, 6.45) is 12.3. The van der Waals surface area contributed by atoms with Gasteiger partial charge >= 0.3 is 0 Å².